The third kappa shape index (κ3) is 9.31. The summed E-state index contributed by atoms with van der Waals surface area (Å²) < 4.78 is 5.61. The second-order valence-corrected chi connectivity index (χ2v) is 8.12. The van der Waals surface area contributed by atoms with Gasteiger partial charge in [0.15, 0.2) is 5.96 Å². The van der Waals surface area contributed by atoms with Crippen LogP contribution in [0.2, 0.25) is 0 Å². The molecule has 0 radical (unpaired) electrons. The first-order chi connectivity index (χ1) is 14.1. The molecule has 0 bridgehead atoms. The number of aliphatic imine (C=N–C) groups is 1. The minimum absolute atomic E-state index is 0.151. The highest BCUT2D eigenvalue weighted by molar-refractivity contribution is 5.92. The van der Waals surface area contributed by atoms with Crippen LogP contribution in [0.4, 0.5) is 5.69 Å². The van der Waals surface area contributed by atoms with Gasteiger partial charge in [-0.3, -0.25) is 4.79 Å². The Hall–Kier alpha value is -2.08. The average molecular weight is 403 g/mol. The largest absolute Gasteiger partial charge is 0.381 e. The summed E-state index contributed by atoms with van der Waals surface area (Å²) in [6.45, 7) is 10.1. The van der Waals surface area contributed by atoms with Gasteiger partial charge in [0.25, 0.3) is 0 Å². The van der Waals surface area contributed by atoms with Gasteiger partial charge in [-0.05, 0) is 49.8 Å². The molecular weight excluding hydrogens is 364 g/mol. The van der Waals surface area contributed by atoms with Crippen molar-refractivity contribution in [3.63, 3.8) is 0 Å². The lowest BCUT2D eigenvalue weighted by Crippen LogP contribution is -2.38. The van der Waals surface area contributed by atoms with Gasteiger partial charge in [0.1, 0.15) is 0 Å². The van der Waals surface area contributed by atoms with E-state index >= 15 is 0 Å². The molecule has 6 nitrogen and oxygen atoms in total. The number of nitrogens with one attached hydrogen (secondary N) is 3. The Kier molecular flexibility index (Phi) is 10.6. The van der Waals surface area contributed by atoms with Crippen LogP contribution in [0.5, 0.6) is 0 Å². The Balaban J connectivity index is 1.80. The summed E-state index contributed by atoms with van der Waals surface area (Å²) in [4.78, 5) is 17.0. The highest BCUT2D eigenvalue weighted by Gasteiger charge is 2.22. The molecule has 1 aliphatic carbocycles. The van der Waals surface area contributed by atoms with Crippen molar-refractivity contribution < 1.29 is 9.53 Å². The SMILES string of the molecule is CCNC(=NCc1cccc(NC(=O)C2CCCC2)c1)NCCCOCC(C)C. The number of hydrogen-bond acceptors (Lipinski definition) is 3. The maximum atomic E-state index is 12.3. The molecule has 29 heavy (non-hydrogen) atoms. The van der Waals surface area contributed by atoms with Crippen molar-refractivity contribution in [3.05, 3.63) is 29.8 Å². The Morgan fingerprint density at radius 2 is 2.03 bits per heavy atom. The first-order valence-corrected chi connectivity index (χ1v) is 11.1. The molecule has 0 saturated heterocycles. The third-order valence-corrected chi connectivity index (χ3v) is 4.89. The van der Waals surface area contributed by atoms with E-state index in [0.717, 1.165) is 75.6 Å². The van der Waals surface area contributed by atoms with Gasteiger partial charge in [-0.1, -0.05) is 38.8 Å². The minimum Gasteiger partial charge on any atom is -0.381 e. The fourth-order valence-electron chi connectivity index (χ4n) is 3.39. The number of amides is 1. The molecule has 0 aromatic heterocycles. The van der Waals surface area contributed by atoms with Crippen molar-refractivity contribution in [2.24, 2.45) is 16.8 Å². The lowest BCUT2D eigenvalue weighted by atomic mass is 10.1. The number of carbonyl (C=O) groups is 1. The van der Waals surface area contributed by atoms with Gasteiger partial charge in [-0.15, -0.1) is 0 Å². The Morgan fingerprint density at radius 1 is 1.24 bits per heavy atom. The first kappa shape index (κ1) is 23.2. The standard InChI is InChI=1S/C23H38N4O2/c1-4-24-23(25-13-8-14-29-17-18(2)3)26-16-19-9-7-12-21(15-19)27-22(28)20-10-5-6-11-20/h7,9,12,15,18,20H,4-6,8,10-11,13-14,16-17H2,1-3H3,(H,27,28)(H2,24,25,26). The molecule has 0 spiro atoms. The summed E-state index contributed by atoms with van der Waals surface area (Å²) in [5.41, 5.74) is 1.93. The number of rotatable bonds is 11. The van der Waals surface area contributed by atoms with Crippen LogP contribution in [-0.4, -0.2) is 38.2 Å². The molecule has 0 atom stereocenters. The van der Waals surface area contributed by atoms with Crippen molar-refractivity contribution in [3.8, 4) is 0 Å². The second-order valence-electron chi connectivity index (χ2n) is 8.12. The molecule has 1 aliphatic rings. The van der Waals surface area contributed by atoms with Gasteiger partial charge in [-0.2, -0.15) is 0 Å². The molecule has 1 fully saturated rings. The van der Waals surface area contributed by atoms with Crippen molar-refractivity contribution in [1.29, 1.82) is 0 Å². The molecule has 162 valence electrons. The predicted molar refractivity (Wildman–Crippen MR) is 120 cm³/mol. The van der Waals surface area contributed by atoms with Crippen LogP contribution in [0, 0.1) is 11.8 Å². The van der Waals surface area contributed by atoms with Crippen LogP contribution in [0.3, 0.4) is 0 Å². The van der Waals surface area contributed by atoms with E-state index in [2.05, 4.69) is 41.7 Å². The molecule has 1 aromatic carbocycles. The van der Waals surface area contributed by atoms with Gasteiger partial charge in [0.05, 0.1) is 6.54 Å². The number of ether oxygens (including phenoxy) is 1. The number of hydrogen-bond donors (Lipinski definition) is 3. The first-order valence-electron chi connectivity index (χ1n) is 11.1. The molecule has 6 heteroatoms. The Bertz CT molecular complexity index is 640. The van der Waals surface area contributed by atoms with Gasteiger partial charge < -0.3 is 20.7 Å². The fraction of sp³-hybridized carbons (Fsp3) is 0.652. The molecule has 0 unspecified atom stereocenters. The average Bonchev–Trinajstić information content (AvgIpc) is 3.24. The molecule has 0 aliphatic heterocycles. The van der Waals surface area contributed by atoms with Gasteiger partial charge in [0.2, 0.25) is 5.91 Å². The minimum atomic E-state index is 0.151. The smallest absolute Gasteiger partial charge is 0.227 e. The van der Waals surface area contributed by atoms with Crippen molar-refractivity contribution in [2.45, 2.75) is 59.4 Å². The lowest BCUT2D eigenvalue weighted by Gasteiger charge is -2.13. The third-order valence-electron chi connectivity index (χ3n) is 4.89. The Labute approximate surface area is 175 Å². The molecule has 2 rings (SSSR count). The van der Waals surface area contributed by atoms with E-state index in [1.54, 1.807) is 0 Å². The van der Waals surface area contributed by atoms with E-state index in [1.165, 1.54) is 0 Å². The molecule has 1 aromatic rings. The lowest BCUT2D eigenvalue weighted by molar-refractivity contribution is -0.119. The number of guanidine groups is 1. The van der Waals surface area contributed by atoms with E-state index in [0.29, 0.717) is 12.5 Å². The zero-order valence-electron chi connectivity index (χ0n) is 18.3. The summed E-state index contributed by atoms with van der Waals surface area (Å²) in [7, 11) is 0. The topological polar surface area (TPSA) is 74.8 Å². The van der Waals surface area contributed by atoms with E-state index < -0.39 is 0 Å². The maximum absolute atomic E-state index is 12.3. The number of nitrogens with zero attached hydrogens (tertiary/aromatic N) is 1. The number of anilines is 1. The molecule has 0 heterocycles. The van der Waals surface area contributed by atoms with E-state index in [9.17, 15) is 4.79 Å². The van der Waals surface area contributed by atoms with Gasteiger partial charge >= 0.3 is 0 Å². The molecular formula is C23H38N4O2. The van der Waals surface area contributed by atoms with Crippen LogP contribution < -0.4 is 16.0 Å². The summed E-state index contributed by atoms with van der Waals surface area (Å²) in [5.74, 6) is 1.70. The van der Waals surface area contributed by atoms with Crippen molar-refractivity contribution >= 4 is 17.6 Å². The number of benzene rings is 1. The normalized spacial score (nSPS) is 15.0. The molecule has 3 N–H and O–H groups in total. The second kappa shape index (κ2) is 13.2. The van der Waals surface area contributed by atoms with Gasteiger partial charge in [0, 0.05) is 37.9 Å². The number of carbonyl (C=O) groups excluding carboxylic acids is 1. The predicted octanol–water partition coefficient (Wildman–Crippen LogP) is 3.93. The quantitative estimate of drug-likeness (QED) is 0.298. The maximum Gasteiger partial charge on any atom is 0.227 e. The van der Waals surface area contributed by atoms with Crippen LogP contribution in [0.15, 0.2) is 29.3 Å². The highest BCUT2D eigenvalue weighted by Crippen LogP contribution is 2.26. The van der Waals surface area contributed by atoms with E-state index in [1.807, 2.05) is 24.3 Å². The highest BCUT2D eigenvalue weighted by atomic mass is 16.5. The zero-order valence-corrected chi connectivity index (χ0v) is 18.3. The monoisotopic (exact) mass is 402 g/mol. The molecule has 1 amide bonds. The van der Waals surface area contributed by atoms with Crippen LogP contribution >= 0.6 is 0 Å². The summed E-state index contributed by atoms with van der Waals surface area (Å²) >= 11 is 0. The molecule has 1 saturated carbocycles. The van der Waals surface area contributed by atoms with E-state index in [-0.39, 0.29) is 11.8 Å². The van der Waals surface area contributed by atoms with Crippen LogP contribution in [0.1, 0.15) is 58.4 Å². The Morgan fingerprint density at radius 3 is 2.76 bits per heavy atom. The van der Waals surface area contributed by atoms with Crippen LogP contribution in [0.25, 0.3) is 0 Å². The summed E-state index contributed by atoms with van der Waals surface area (Å²) in [5, 5.41) is 9.69. The van der Waals surface area contributed by atoms with E-state index in [4.69, 9.17) is 4.74 Å². The fourth-order valence-corrected chi connectivity index (χ4v) is 3.39. The summed E-state index contributed by atoms with van der Waals surface area (Å²) in [6, 6.07) is 7.97. The van der Waals surface area contributed by atoms with Crippen LogP contribution in [-0.2, 0) is 16.1 Å². The van der Waals surface area contributed by atoms with Gasteiger partial charge in [-0.25, -0.2) is 4.99 Å². The van der Waals surface area contributed by atoms with Crippen molar-refractivity contribution in [1.82, 2.24) is 10.6 Å². The summed E-state index contributed by atoms with van der Waals surface area (Å²) in [6.07, 6.45) is 5.29. The van der Waals surface area contributed by atoms with Crippen molar-refractivity contribution in [2.75, 3.05) is 31.6 Å². The zero-order chi connectivity index (χ0) is 20.9.